The van der Waals surface area contributed by atoms with Gasteiger partial charge in [-0.15, -0.1) is 0 Å². The van der Waals surface area contributed by atoms with Crippen LogP contribution in [0.1, 0.15) is 55.4 Å². The van der Waals surface area contributed by atoms with E-state index in [1.54, 1.807) is 0 Å². The molecule has 2 aliphatic rings. The van der Waals surface area contributed by atoms with Gasteiger partial charge in [0.05, 0.1) is 13.2 Å². The fourth-order valence-electron chi connectivity index (χ4n) is 5.75. The topological polar surface area (TPSA) is 18.5 Å². The van der Waals surface area contributed by atoms with Crippen molar-refractivity contribution in [1.29, 1.82) is 0 Å². The highest BCUT2D eigenvalue weighted by molar-refractivity contribution is 6.79. The second kappa shape index (κ2) is 10.2. The Hall–Kier alpha value is 0.484. The predicted octanol–water partition coefficient (Wildman–Crippen LogP) is 8.06. The van der Waals surface area contributed by atoms with E-state index in [-0.39, 0.29) is 0 Å². The van der Waals surface area contributed by atoms with Gasteiger partial charge in [0, 0.05) is 0 Å². The van der Waals surface area contributed by atoms with Crippen LogP contribution < -0.4 is 0 Å². The minimum atomic E-state index is -1.52. The molecule has 0 aromatic carbocycles. The van der Waals surface area contributed by atoms with Crippen molar-refractivity contribution in [2.45, 2.75) is 129 Å². The summed E-state index contributed by atoms with van der Waals surface area (Å²) in [5, 5.41) is 0.921. The van der Waals surface area contributed by atoms with E-state index in [4.69, 9.17) is 8.85 Å². The van der Waals surface area contributed by atoms with Gasteiger partial charge in [0.25, 0.3) is 0 Å². The van der Waals surface area contributed by atoms with Crippen LogP contribution in [0.3, 0.4) is 0 Å². The van der Waals surface area contributed by atoms with Crippen molar-refractivity contribution in [1.82, 2.24) is 0 Å². The molecule has 6 heteroatoms. The Morgan fingerprint density at radius 1 is 0.633 bits per heavy atom. The van der Waals surface area contributed by atoms with E-state index in [1.807, 2.05) is 0 Å². The maximum Gasteiger partial charge on any atom is 0.188 e. The molecule has 2 heterocycles. The maximum absolute atomic E-state index is 6.57. The van der Waals surface area contributed by atoms with Crippen LogP contribution >= 0.6 is 0 Å². The highest BCUT2D eigenvalue weighted by atomic mass is 28.4. The van der Waals surface area contributed by atoms with E-state index in [1.165, 1.54) is 49.5 Å². The smallest absolute Gasteiger partial charge is 0.188 e. The number of hydrogen-bond donors (Lipinski definition) is 0. The molecule has 0 atom stereocenters. The molecule has 2 rings (SSSR count). The monoisotopic (exact) mass is 450 g/mol. The SMILES string of the molecule is CC(C)C(C)(C)B1CC[Si](C)(OCCO[Si]2(C)CCB(C(C)(C)C(C)C)CC2)CC1. The van der Waals surface area contributed by atoms with Gasteiger partial charge in [-0.3, -0.25) is 0 Å². The molecule has 0 unspecified atom stereocenters. The Morgan fingerprint density at radius 3 is 1.13 bits per heavy atom. The Bertz CT molecular complexity index is 487. The molecule has 0 bridgehead atoms. The van der Waals surface area contributed by atoms with Crippen molar-refractivity contribution >= 4 is 30.1 Å². The molecule has 30 heavy (non-hydrogen) atoms. The van der Waals surface area contributed by atoms with E-state index in [0.29, 0.717) is 10.6 Å². The van der Waals surface area contributed by atoms with Gasteiger partial charge in [-0.1, -0.05) is 91.3 Å². The minimum Gasteiger partial charge on any atom is -0.415 e. The minimum absolute atomic E-state index is 0.460. The summed E-state index contributed by atoms with van der Waals surface area (Å²) in [4.78, 5) is 0. The maximum atomic E-state index is 6.57. The van der Waals surface area contributed by atoms with Gasteiger partial charge < -0.3 is 8.85 Å². The highest BCUT2D eigenvalue weighted by Gasteiger charge is 2.45. The fourth-order valence-corrected chi connectivity index (χ4v) is 11.8. The second-order valence-electron chi connectivity index (χ2n) is 13.1. The van der Waals surface area contributed by atoms with E-state index in [0.717, 1.165) is 38.5 Å². The van der Waals surface area contributed by atoms with E-state index in [2.05, 4.69) is 68.5 Å². The molecule has 0 aromatic rings. The molecule has 0 amide bonds. The summed E-state index contributed by atoms with van der Waals surface area (Å²) in [7, 11) is -3.03. The van der Waals surface area contributed by atoms with Crippen molar-refractivity contribution in [3.8, 4) is 0 Å². The van der Waals surface area contributed by atoms with Gasteiger partial charge in [0.15, 0.2) is 16.6 Å². The molecule has 2 nitrogen and oxygen atoms in total. The predicted molar refractivity (Wildman–Crippen MR) is 143 cm³/mol. The van der Waals surface area contributed by atoms with Crippen LogP contribution in [0.5, 0.6) is 0 Å². The first-order chi connectivity index (χ1) is 13.7. The van der Waals surface area contributed by atoms with Gasteiger partial charge in [-0.05, 0) is 49.1 Å². The third-order valence-electron chi connectivity index (χ3n) is 10.2. The first kappa shape index (κ1) is 26.7. The van der Waals surface area contributed by atoms with Crippen LogP contribution in [0.25, 0.3) is 0 Å². The lowest BCUT2D eigenvalue weighted by atomic mass is 9.29. The molecule has 0 radical (unpaired) electrons. The van der Waals surface area contributed by atoms with Crippen molar-refractivity contribution in [3.63, 3.8) is 0 Å². The molecular formula is C24H52B2O2Si2. The van der Waals surface area contributed by atoms with Crippen LogP contribution in [0, 0.1) is 11.8 Å². The zero-order valence-electron chi connectivity index (χ0n) is 22.2. The van der Waals surface area contributed by atoms with Gasteiger partial charge in [-0.25, -0.2) is 0 Å². The molecule has 0 aromatic heterocycles. The molecule has 0 N–H and O–H groups in total. The van der Waals surface area contributed by atoms with E-state index >= 15 is 0 Å². The van der Waals surface area contributed by atoms with Gasteiger partial charge in [0.1, 0.15) is 13.4 Å². The van der Waals surface area contributed by atoms with Crippen molar-refractivity contribution in [2.75, 3.05) is 13.2 Å². The Kier molecular flexibility index (Phi) is 9.07. The van der Waals surface area contributed by atoms with Gasteiger partial charge >= 0.3 is 0 Å². The molecule has 0 saturated carbocycles. The third-order valence-corrected chi connectivity index (χ3v) is 17.3. The first-order valence-corrected chi connectivity index (χ1v) is 18.6. The lowest BCUT2D eigenvalue weighted by Gasteiger charge is -2.43. The molecule has 2 saturated heterocycles. The summed E-state index contributed by atoms with van der Waals surface area (Å²) in [5.74, 6) is 1.52. The number of rotatable bonds is 9. The average Bonchev–Trinajstić information content (AvgIpc) is 2.66. The Labute approximate surface area is 192 Å². The van der Waals surface area contributed by atoms with Gasteiger partial charge in [0.2, 0.25) is 0 Å². The lowest BCUT2D eigenvalue weighted by Crippen LogP contribution is -2.47. The largest absolute Gasteiger partial charge is 0.415 e. The molecule has 2 aliphatic heterocycles. The first-order valence-electron chi connectivity index (χ1n) is 13.0. The third kappa shape index (κ3) is 6.51. The quantitative estimate of drug-likeness (QED) is 0.261. The van der Waals surface area contributed by atoms with Crippen LogP contribution in [0.4, 0.5) is 0 Å². The summed E-state index contributed by atoms with van der Waals surface area (Å²) in [5.41, 5.74) is 0. The van der Waals surface area contributed by atoms with Crippen LogP contribution in [-0.2, 0) is 8.85 Å². The van der Waals surface area contributed by atoms with Crippen molar-refractivity contribution in [3.05, 3.63) is 0 Å². The highest BCUT2D eigenvalue weighted by Crippen LogP contribution is 2.47. The summed E-state index contributed by atoms with van der Waals surface area (Å²) < 4.78 is 13.1. The van der Waals surface area contributed by atoms with E-state index in [9.17, 15) is 0 Å². The van der Waals surface area contributed by atoms with Crippen molar-refractivity contribution < 1.29 is 8.85 Å². The lowest BCUT2D eigenvalue weighted by molar-refractivity contribution is 0.201. The average molecular weight is 450 g/mol. The number of hydrogen-bond acceptors (Lipinski definition) is 2. The van der Waals surface area contributed by atoms with Crippen molar-refractivity contribution in [2.24, 2.45) is 11.8 Å². The normalized spacial score (nSPS) is 22.8. The standard InChI is InChI=1S/C24H52B2O2Si2/c1-21(2)23(5,6)25-11-17-29(9,18-12-25)27-15-16-28-30(10)19-13-26(14-20-30)24(7,8)22(3)4/h21-22H,11-20H2,1-10H3. The fraction of sp³-hybridized carbons (Fsp3) is 1.00. The second-order valence-corrected chi connectivity index (χ2v) is 21.5. The van der Waals surface area contributed by atoms with Crippen LogP contribution in [0.15, 0.2) is 0 Å². The Morgan fingerprint density at radius 2 is 0.900 bits per heavy atom. The molecule has 174 valence electrons. The van der Waals surface area contributed by atoms with Gasteiger partial charge in [-0.2, -0.15) is 0 Å². The Balaban J connectivity index is 1.72. The summed E-state index contributed by atoms with van der Waals surface area (Å²) in [6.45, 7) is 27.8. The molecule has 2 fully saturated rings. The van der Waals surface area contributed by atoms with Crippen LogP contribution in [-0.4, -0.2) is 43.3 Å². The zero-order chi connectivity index (χ0) is 22.8. The molecular weight excluding hydrogens is 398 g/mol. The molecule has 0 aliphatic carbocycles. The molecule has 0 spiro atoms. The zero-order valence-corrected chi connectivity index (χ0v) is 24.2. The van der Waals surface area contributed by atoms with E-state index < -0.39 is 16.6 Å². The summed E-state index contributed by atoms with van der Waals surface area (Å²) >= 11 is 0. The summed E-state index contributed by atoms with van der Waals surface area (Å²) in [6.07, 6.45) is 5.48. The van der Waals surface area contributed by atoms with Crippen LogP contribution in [0.2, 0.25) is 73.2 Å². The summed E-state index contributed by atoms with van der Waals surface area (Å²) in [6, 6.07) is 5.37.